The van der Waals surface area contributed by atoms with Crippen LogP contribution in [0.2, 0.25) is 0 Å². The number of amides is 1. The Bertz CT molecular complexity index is 836. The van der Waals surface area contributed by atoms with Crippen LogP contribution in [0.15, 0.2) is 24.3 Å². The first-order valence-electron chi connectivity index (χ1n) is 9.98. The van der Waals surface area contributed by atoms with Crippen LogP contribution in [0.25, 0.3) is 17.1 Å². The molecule has 1 atom stereocenters. The van der Waals surface area contributed by atoms with E-state index in [1.54, 1.807) is 11.6 Å². The Hall–Kier alpha value is -2.18. The average Bonchev–Trinajstić information content (AvgIpc) is 3.03. The molecule has 0 aliphatic rings. The van der Waals surface area contributed by atoms with Crippen molar-refractivity contribution in [3.63, 3.8) is 0 Å². The Kier molecular flexibility index (Phi) is 7.38. The molecule has 154 valence electrons. The normalized spacial score (nSPS) is 13.6. The number of likely N-dealkylation sites (N-methyl/N-ethyl adjacent to an activating group) is 1. The van der Waals surface area contributed by atoms with E-state index in [-0.39, 0.29) is 5.41 Å². The largest absolute Gasteiger partial charge is 0.326 e. The first kappa shape index (κ1) is 22.1. The van der Waals surface area contributed by atoms with Crippen molar-refractivity contribution in [1.29, 1.82) is 0 Å². The van der Waals surface area contributed by atoms with Crippen LogP contribution < -0.4 is 5.48 Å². The van der Waals surface area contributed by atoms with Gasteiger partial charge in [-0.15, -0.1) is 0 Å². The molecule has 2 rings (SSSR count). The Morgan fingerprint density at radius 3 is 2.71 bits per heavy atom. The maximum absolute atomic E-state index is 11.3. The van der Waals surface area contributed by atoms with Crippen molar-refractivity contribution in [2.24, 2.45) is 5.92 Å². The molecular formula is C22H34N4O2. The zero-order valence-electron chi connectivity index (χ0n) is 18.0. The molecule has 0 radical (unpaired) electrons. The minimum absolute atomic E-state index is 0.0475. The molecule has 1 heterocycles. The maximum atomic E-state index is 11.3. The highest BCUT2D eigenvalue weighted by atomic mass is 16.5. The summed E-state index contributed by atoms with van der Waals surface area (Å²) in [6, 6.07) is 6.04. The number of aromatic nitrogens is 2. The van der Waals surface area contributed by atoms with E-state index in [9.17, 15) is 4.79 Å². The molecule has 6 heteroatoms. The number of nitrogens with one attached hydrogen (secondary N) is 1. The number of carbonyl (C=O) groups excluding carboxylic acids is 1. The van der Waals surface area contributed by atoms with Crippen LogP contribution >= 0.6 is 0 Å². The van der Waals surface area contributed by atoms with Gasteiger partial charge in [0.2, 0.25) is 0 Å². The minimum atomic E-state index is -0.549. The van der Waals surface area contributed by atoms with Gasteiger partial charge < -0.3 is 9.47 Å². The number of carbonyl (C=O) groups is 1. The third kappa shape index (κ3) is 5.00. The van der Waals surface area contributed by atoms with Gasteiger partial charge >= 0.3 is 0 Å². The maximum Gasteiger partial charge on any atom is 0.267 e. The molecule has 1 unspecified atom stereocenters. The SMILES string of the molecule is CCCC(C)C(C)(C)c1nc2cc(C=CC(=O)NO)ccc2n1CCN(C)C. The molecule has 2 aromatic rings. The lowest BCUT2D eigenvalue weighted by atomic mass is 9.77. The van der Waals surface area contributed by atoms with E-state index in [1.165, 1.54) is 6.08 Å². The van der Waals surface area contributed by atoms with Crippen molar-refractivity contribution >= 4 is 23.0 Å². The number of imidazole rings is 1. The van der Waals surface area contributed by atoms with Crippen molar-refractivity contribution in [2.75, 3.05) is 20.6 Å². The number of hydroxylamine groups is 1. The van der Waals surface area contributed by atoms with E-state index in [0.29, 0.717) is 5.92 Å². The molecule has 0 fully saturated rings. The highest BCUT2D eigenvalue weighted by molar-refractivity contribution is 5.91. The van der Waals surface area contributed by atoms with Crippen LogP contribution in [0, 0.1) is 5.92 Å². The van der Waals surface area contributed by atoms with Gasteiger partial charge in [0.05, 0.1) is 11.0 Å². The molecule has 0 saturated heterocycles. The van der Waals surface area contributed by atoms with Crippen LogP contribution in [0.1, 0.15) is 51.9 Å². The van der Waals surface area contributed by atoms with Crippen molar-refractivity contribution in [1.82, 2.24) is 19.9 Å². The minimum Gasteiger partial charge on any atom is -0.326 e. The molecule has 2 N–H and O–H groups in total. The van der Waals surface area contributed by atoms with Crippen LogP contribution in [0.5, 0.6) is 0 Å². The predicted octanol–water partition coefficient (Wildman–Crippen LogP) is 3.83. The zero-order chi connectivity index (χ0) is 20.9. The summed E-state index contributed by atoms with van der Waals surface area (Å²) in [6.07, 6.45) is 5.30. The Labute approximate surface area is 168 Å². The van der Waals surface area contributed by atoms with Gasteiger partial charge in [-0.3, -0.25) is 10.0 Å². The highest BCUT2D eigenvalue weighted by Crippen LogP contribution is 2.35. The first-order chi connectivity index (χ1) is 13.2. The first-order valence-corrected chi connectivity index (χ1v) is 9.98. The van der Waals surface area contributed by atoms with E-state index in [4.69, 9.17) is 10.2 Å². The highest BCUT2D eigenvalue weighted by Gasteiger charge is 2.32. The van der Waals surface area contributed by atoms with Gasteiger partial charge in [0, 0.05) is 24.6 Å². The van der Waals surface area contributed by atoms with Gasteiger partial charge in [0.15, 0.2) is 0 Å². The number of hydrogen-bond donors (Lipinski definition) is 2. The molecule has 0 aliphatic carbocycles. The lowest BCUT2D eigenvalue weighted by Gasteiger charge is -2.32. The number of benzene rings is 1. The second kappa shape index (κ2) is 9.34. The van der Waals surface area contributed by atoms with E-state index >= 15 is 0 Å². The van der Waals surface area contributed by atoms with E-state index in [1.807, 2.05) is 12.1 Å². The summed E-state index contributed by atoms with van der Waals surface area (Å²) in [5, 5.41) is 8.64. The van der Waals surface area contributed by atoms with Crippen molar-refractivity contribution in [2.45, 2.75) is 52.5 Å². The molecule has 0 spiro atoms. The Morgan fingerprint density at radius 1 is 1.39 bits per heavy atom. The molecule has 28 heavy (non-hydrogen) atoms. The van der Waals surface area contributed by atoms with E-state index < -0.39 is 5.91 Å². The zero-order valence-corrected chi connectivity index (χ0v) is 18.0. The molecule has 1 aromatic carbocycles. The summed E-state index contributed by atoms with van der Waals surface area (Å²) in [4.78, 5) is 18.5. The lowest BCUT2D eigenvalue weighted by Crippen LogP contribution is -2.32. The molecule has 6 nitrogen and oxygen atoms in total. The number of hydrogen-bond acceptors (Lipinski definition) is 4. The van der Waals surface area contributed by atoms with Crippen LogP contribution in [-0.4, -0.2) is 46.2 Å². The van der Waals surface area contributed by atoms with Crippen molar-refractivity contribution < 1.29 is 10.0 Å². The summed E-state index contributed by atoms with van der Waals surface area (Å²) in [6.45, 7) is 10.9. The fourth-order valence-electron chi connectivity index (χ4n) is 3.49. The smallest absolute Gasteiger partial charge is 0.267 e. The van der Waals surface area contributed by atoms with Crippen molar-refractivity contribution in [3.8, 4) is 0 Å². The monoisotopic (exact) mass is 386 g/mol. The Balaban J connectivity index is 2.52. The number of rotatable bonds is 9. The van der Waals surface area contributed by atoms with Gasteiger partial charge in [-0.25, -0.2) is 10.5 Å². The second-order valence-corrected chi connectivity index (χ2v) is 8.36. The van der Waals surface area contributed by atoms with Gasteiger partial charge in [0.1, 0.15) is 5.82 Å². The summed E-state index contributed by atoms with van der Waals surface area (Å²) < 4.78 is 2.34. The van der Waals surface area contributed by atoms with Crippen LogP contribution in [0.3, 0.4) is 0 Å². The molecular weight excluding hydrogens is 352 g/mol. The molecule has 0 bridgehead atoms. The average molecular weight is 387 g/mol. The third-order valence-corrected chi connectivity index (χ3v) is 5.61. The van der Waals surface area contributed by atoms with Gasteiger partial charge in [-0.1, -0.05) is 46.6 Å². The van der Waals surface area contributed by atoms with Crippen LogP contribution in [0.4, 0.5) is 0 Å². The van der Waals surface area contributed by atoms with E-state index in [0.717, 1.165) is 48.4 Å². The van der Waals surface area contributed by atoms with Gasteiger partial charge in [-0.05, 0) is 43.8 Å². The second-order valence-electron chi connectivity index (χ2n) is 8.36. The standard InChI is InChI=1S/C22H34N4O2/c1-7-8-16(2)22(3,4)21-23-18-15-17(10-12-20(27)24-28)9-11-19(18)26(21)14-13-25(5)6/h9-12,15-16,28H,7-8,13-14H2,1-6H3,(H,24,27). The summed E-state index contributed by atoms with van der Waals surface area (Å²) in [5.74, 6) is 1.08. The fourth-order valence-corrected chi connectivity index (χ4v) is 3.49. The molecule has 0 aliphatic heterocycles. The number of fused-ring (bicyclic) bond motifs is 1. The summed E-state index contributed by atoms with van der Waals surface area (Å²) >= 11 is 0. The molecule has 1 aromatic heterocycles. The quantitative estimate of drug-likeness (QED) is 0.390. The van der Waals surface area contributed by atoms with Crippen LogP contribution in [-0.2, 0) is 16.8 Å². The summed E-state index contributed by atoms with van der Waals surface area (Å²) in [5.41, 5.74) is 4.47. The van der Waals surface area contributed by atoms with Gasteiger partial charge in [0.25, 0.3) is 5.91 Å². The number of nitrogens with zero attached hydrogens (tertiary/aromatic N) is 3. The van der Waals surface area contributed by atoms with Crippen molar-refractivity contribution in [3.05, 3.63) is 35.7 Å². The lowest BCUT2D eigenvalue weighted by molar-refractivity contribution is -0.124. The Morgan fingerprint density at radius 2 is 2.11 bits per heavy atom. The fraction of sp³-hybridized carbons (Fsp3) is 0.545. The summed E-state index contributed by atoms with van der Waals surface area (Å²) in [7, 11) is 4.16. The molecule has 0 saturated carbocycles. The topological polar surface area (TPSA) is 70.4 Å². The van der Waals surface area contributed by atoms with E-state index in [2.05, 4.69) is 57.3 Å². The predicted molar refractivity (Wildman–Crippen MR) is 114 cm³/mol. The third-order valence-electron chi connectivity index (χ3n) is 5.61. The molecule has 1 amide bonds. The van der Waals surface area contributed by atoms with Gasteiger partial charge in [-0.2, -0.15) is 0 Å².